The number of hydrogen-bond donors (Lipinski definition) is 1. The van der Waals surface area contributed by atoms with E-state index in [1.165, 1.54) is 0 Å². The predicted molar refractivity (Wildman–Crippen MR) is 46.5 cm³/mol. The zero-order chi connectivity index (χ0) is 10.9. The van der Waals surface area contributed by atoms with Crippen molar-refractivity contribution in [2.75, 3.05) is 0 Å². The molecule has 1 fully saturated rings. The van der Waals surface area contributed by atoms with Gasteiger partial charge in [-0.3, -0.25) is 4.79 Å². The number of carbonyl (C=O) groups excluding carboxylic acids is 1. The van der Waals surface area contributed by atoms with Crippen LogP contribution in [0.4, 0.5) is 0 Å². The molecule has 1 aliphatic heterocycles. The summed E-state index contributed by atoms with van der Waals surface area (Å²) >= 11 is 0. The first-order chi connectivity index (χ1) is 6.30. The maximum atomic E-state index is 11.2. The molecule has 0 bridgehead atoms. The van der Waals surface area contributed by atoms with E-state index in [4.69, 9.17) is 14.6 Å². The molecule has 0 unspecified atom stereocenters. The largest absolute Gasteiger partial charge is 0.481 e. The number of ether oxygens (including phenoxy) is 2. The molecule has 5 heteroatoms. The summed E-state index contributed by atoms with van der Waals surface area (Å²) in [5.74, 6) is -1.66. The SMILES string of the molecule is CC(C)(C)[C@@H]1OC(=O)[C@H](CC(=O)O)O1. The van der Waals surface area contributed by atoms with Gasteiger partial charge >= 0.3 is 11.9 Å². The van der Waals surface area contributed by atoms with Gasteiger partial charge in [-0.25, -0.2) is 4.79 Å². The number of carboxylic acids is 1. The van der Waals surface area contributed by atoms with Crippen molar-refractivity contribution < 1.29 is 24.2 Å². The highest BCUT2D eigenvalue weighted by Gasteiger charge is 2.42. The van der Waals surface area contributed by atoms with Crippen LogP contribution in [0.3, 0.4) is 0 Å². The Labute approximate surface area is 82.0 Å². The smallest absolute Gasteiger partial charge is 0.338 e. The summed E-state index contributed by atoms with van der Waals surface area (Å²) in [5, 5.41) is 8.49. The van der Waals surface area contributed by atoms with Gasteiger partial charge in [0.15, 0.2) is 6.10 Å². The molecule has 0 radical (unpaired) electrons. The first-order valence-electron chi connectivity index (χ1n) is 4.38. The minimum Gasteiger partial charge on any atom is -0.481 e. The van der Waals surface area contributed by atoms with Crippen LogP contribution in [-0.2, 0) is 19.1 Å². The summed E-state index contributed by atoms with van der Waals surface area (Å²) in [7, 11) is 0. The van der Waals surface area contributed by atoms with E-state index in [9.17, 15) is 9.59 Å². The molecule has 1 aliphatic rings. The van der Waals surface area contributed by atoms with Gasteiger partial charge in [-0.1, -0.05) is 20.8 Å². The second-order valence-electron chi connectivity index (χ2n) is 4.36. The van der Waals surface area contributed by atoms with Crippen molar-refractivity contribution in [1.29, 1.82) is 0 Å². The lowest BCUT2D eigenvalue weighted by Crippen LogP contribution is -2.28. The highest BCUT2D eigenvalue weighted by Crippen LogP contribution is 2.30. The van der Waals surface area contributed by atoms with Crippen LogP contribution >= 0.6 is 0 Å². The molecule has 1 heterocycles. The normalized spacial score (nSPS) is 27.5. The van der Waals surface area contributed by atoms with Crippen LogP contribution < -0.4 is 0 Å². The quantitative estimate of drug-likeness (QED) is 0.670. The zero-order valence-electron chi connectivity index (χ0n) is 8.44. The van der Waals surface area contributed by atoms with Crippen LogP contribution in [0.25, 0.3) is 0 Å². The van der Waals surface area contributed by atoms with Gasteiger partial charge in [0.25, 0.3) is 0 Å². The number of hydrogen-bond acceptors (Lipinski definition) is 4. The van der Waals surface area contributed by atoms with E-state index < -0.39 is 24.3 Å². The van der Waals surface area contributed by atoms with Crippen LogP contribution in [-0.4, -0.2) is 29.4 Å². The second kappa shape index (κ2) is 3.57. The van der Waals surface area contributed by atoms with E-state index in [1.807, 2.05) is 20.8 Å². The maximum Gasteiger partial charge on any atom is 0.338 e. The van der Waals surface area contributed by atoms with Crippen molar-refractivity contribution in [3.8, 4) is 0 Å². The molecule has 0 aromatic rings. The van der Waals surface area contributed by atoms with Gasteiger partial charge in [-0.2, -0.15) is 0 Å². The third kappa shape index (κ3) is 2.45. The third-order valence-electron chi connectivity index (χ3n) is 1.84. The molecule has 0 amide bonds. The van der Waals surface area contributed by atoms with E-state index >= 15 is 0 Å². The summed E-state index contributed by atoms with van der Waals surface area (Å²) in [6.45, 7) is 5.57. The molecule has 1 saturated heterocycles. The van der Waals surface area contributed by atoms with E-state index in [-0.39, 0.29) is 11.8 Å². The molecule has 0 spiro atoms. The standard InChI is InChI=1S/C9H14O5/c1-9(2,3)8-13-5(4-6(10)11)7(12)14-8/h5,8H,4H2,1-3H3,(H,10,11)/t5-,8-/m0/s1. The number of rotatable bonds is 2. The Balaban J connectivity index is 2.60. The molecular formula is C9H14O5. The molecule has 0 saturated carbocycles. The van der Waals surface area contributed by atoms with Crippen molar-refractivity contribution in [3.05, 3.63) is 0 Å². The van der Waals surface area contributed by atoms with E-state index in [2.05, 4.69) is 0 Å². The Morgan fingerprint density at radius 1 is 1.50 bits per heavy atom. The van der Waals surface area contributed by atoms with Crippen molar-refractivity contribution in [3.63, 3.8) is 0 Å². The first kappa shape index (κ1) is 11.0. The van der Waals surface area contributed by atoms with Crippen LogP contribution in [0.5, 0.6) is 0 Å². The number of carbonyl (C=O) groups is 2. The van der Waals surface area contributed by atoms with E-state index in [0.717, 1.165) is 0 Å². The Bertz CT molecular complexity index is 252. The van der Waals surface area contributed by atoms with Crippen LogP contribution in [0.2, 0.25) is 0 Å². The monoisotopic (exact) mass is 202 g/mol. The molecule has 2 atom stereocenters. The summed E-state index contributed by atoms with van der Waals surface area (Å²) in [6, 6.07) is 0. The number of carboxylic acid groups (broad SMARTS) is 1. The molecule has 80 valence electrons. The summed E-state index contributed by atoms with van der Waals surface area (Å²) in [4.78, 5) is 21.5. The molecule has 1 N–H and O–H groups in total. The van der Waals surface area contributed by atoms with Crippen LogP contribution in [0.15, 0.2) is 0 Å². The Hall–Kier alpha value is -1.10. The van der Waals surface area contributed by atoms with E-state index in [1.54, 1.807) is 0 Å². The zero-order valence-corrected chi connectivity index (χ0v) is 8.44. The molecule has 1 rings (SSSR count). The van der Waals surface area contributed by atoms with Crippen LogP contribution in [0.1, 0.15) is 27.2 Å². The number of esters is 1. The lowest BCUT2D eigenvalue weighted by Gasteiger charge is -2.23. The van der Waals surface area contributed by atoms with Gasteiger partial charge in [-0.05, 0) is 0 Å². The highest BCUT2D eigenvalue weighted by molar-refractivity contribution is 5.82. The van der Waals surface area contributed by atoms with Gasteiger partial charge in [-0.15, -0.1) is 0 Å². The van der Waals surface area contributed by atoms with Crippen molar-refractivity contribution in [2.24, 2.45) is 5.41 Å². The third-order valence-corrected chi connectivity index (χ3v) is 1.84. The second-order valence-corrected chi connectivity index (χ2v) is 4.36. The fourth-order valence-corrected chi connectivity index (χ4v) is 1.08. The Kier molecular flexibility index (Phi) is 2.80. The lowest BCUT2D eigenvalue weighted by molar-refractivity contribution is -0.154. The molecule has 0 aliphatic carbocycles. The maximum absolute atomic E-state index is 11.2. The summed E-state index contributed by atoms with van der Waals surface area (Å²) < 4.78 is 10.1. The molecular weight excluding hydrogens is 188 g/mol. The minimum absolute atomic E-state index is 0.330. The lowest BCUT2D eigenvalue weighted by atomic mass is 9.96. The van der Waals surface area contributed by atoms with Gasteiger partial charge in [0, 0.05) is 5.41 Å². The average molecular weight is 202 g/mol. The minimum atomic E-state index is -1.07. The van der Waals surface area contributed by atoms with Gasteiger partial charge < -0.3 is 14.6 Å². The number of cyclic esters (lactones) is 1. The Morgan fingerprint density at radius 3 is 2.43 bits per heavy atom. The topological polar surface area (TPSA) is 72.8 Å². The molecule has 0 aromatic heterocycles. The predicted octanol–water partition coefficient (Wildman–Crippen LogP) is 0.775. The fourth-order valence-electron chi connectivity index (χ4n) is 1.08. The molecule has 14 heavy (non-hydrogen) atoms. The van der Waals surface area contributed by atoms with Crippen molar-refractivity contribution >= 4 is 11.9 Å². The van der Waals surface area contributed by atoms with Gasteiger partial charge in [0.2, 0.25) is 6.29 Å². The number of aliphatic carboxylic acids is 1. The van der Waals surface area contributed by atoms with Gasteiger partial charge in [0.05, 0.1) is 6.42 Å². The fraction of sp³-hybridized carbons (Fsp3) is 0.778. The Morgan fingerprint density at radius 2 is 2.07 bits per heavy atom. The van der Waals surface area contributed by atoms with Gasteiger partial charge in [0.1, 0.15) is 0 Å². The van der Waals surface area contributed by atoms with Crippen LogP contribution in [0, 0.1) is 5.41 Å². The molecule has 0 aromatic carbocycles. The molecule has 5 nitrogen and oxygen atoms in total. The first-order valence-corrected chi connectivity index (χ1v) is 4.38. The highest BCUT2D eigenvalue weighted by atomic mass is 16.8. The van der Waals surface area contributed by atoms with Crippen molar-refractivity contribution in [1.82, 2.24) is 0 Å². The van der Waals surface area contributed by atoms with E-state index in [0.29, 0.717) is 0 Å². The average Bonchev–Trinajstić information content (AvgIpc) is 2.30. The van der Waals surface area contributed by atoms with Crippen molar-refractivity contribution in [2.45, 2.75) is 39.6 Å². The summed E-state index contributed by atoms with van der Waals surface area (Å²) in [6.07, 6.45) is -1.96. The summed E-state index contributed by atoms with van der Waals surface area (Å²) in [5.41, 5.74) is -0.330.